The van der Waals surface area contributed by atoms with E-state index in [0.717, 1.165) is 5.56 Å². The SMILES string of the molecule is CC(NC(=O)NCc1ccc(C(=O)O)cc1)c1ncc[nH]1. The van der Waals surface area contributed by atoms with Crippen LogP contribution in [0.1, 0.15) is 34.7 Å². The van der Waals surface area contributed by atoms with Crippen LogP contribution in [-0.2, 0) is 6.54 Å². The lowest BCUT2D eigenvalue weighted by molar-refractivity contribution is 0.0697. The molecular weight excluding hydrogens is 272 g/mol. The number of carboxylic acids is 1. The number of nitrogens with one attached hydrogen (secondary N) is 3. The van der Waals surface area contributed by atoms with E-state index in [1.54, 1.807) is 24.5 Å². The summed E-state index contributed by atoms with van der Waals surface area (Å²) in [5.41, 5.74) is 1.04. The smallest absolute Gasteiger partial charge is 0.335 e. The molecule has 0 aliphatic heterocycles. The monoisotopic (exact) mass is 288 g/mol. The standard InChI is InChI=1S/C14H16N4O3/c1-9(12-15-6-7-16-12)18-14(21)17-8-10-2-4-11(5-3-10)13(19)20/h2-7,9H,8H2,1H3,(H,15,16)(H,19,20)(H2,17,18,21). The summed E-state index contributed by atoms with van der Waals surface area (Å²) in [5.74, 6) is -0.296. The molecule has 0 saturated carbocycles. The van der Waals surface area contributed by atoms with E-state index in [1.165, 1.54) is 12.1 Å². The van der Waals surface area contributed by atoms with Crippen molar-refractivity contribution in [1.29, 1.82) is 0 Å². The number of nitrogens with zero attached hydrogens (tertiary/aromatic N) is 1. The van der Waals surface area contributed by atoms with Gasteiger partial charge < -0.3 is 20.7 Å². The summed E-state index contributed by atoms with van der Waals surface area (Å²) in [7, 11) is 0. The van der Waals surface area contributed by atoms with Gasteiger partial charge in [0.1, 0.15) is 5.82 Å². The first-order valence-electron chi connectivity index (χ1n) is 6.42. The highest BCUT2D eigenvalue weighted by Gasteiger charge is 2.10. The normalized spacial score (nSPS) is 11.7. The number of hydrogen-bond donors (Lipinski definition) is 4. The van der Waals surface area contributed by atoms with Gasteiger partial charge in [0.25, 0.3) is 0 Å². The molecule has 1 heterocycles. The quantitative estimate of drug-likeness (QED) is 0.671. The number of imidazole rings is 1. The predicted molar refractivity (Wildman–Crippen MR) is 75.8 cm³/mol. The highest BCUT2D eigenvalue weighted by molar-refractivity contribution is 5.87. The molecule has 0 aliphatic carbocycles. The summed E-state index contributed by atoms with van der Waals surface area (Å²) < 4.78 is 0. The van der Waals surface area contributed by atoms with Crippen LogP contribution in [0.5, 0.6) is 0 Å². The number of urea groups is 1. The van der Waals surface area contributed by atoms with Crippen molar-refractivity contribution in [1.82, 2.24) is 20.6 Å². The van der Waals surface area contributed by atoms with Crippen LogP contribution in [-0.4, -0.2) is 27.1 Å². The Morgan fingerprint density at radius 2 is 2.05 bits per heavy atom. The molecule has 0 radical (unpaired) electrons. The molecule has 0 bridgehead atoms. The number of aromatic carboxylic acids is 1. The third-order valence-corrected chi connectivity index (χ3v) is 2.93. The molecule has 2 aromatic rings. The molecule has 0 aliphatic rings. The van der Waals surface area contributed by atoms with E-state index in [0.29, 0.717) is 12.4 Å². The lowest BCUT2D eigenvalue weighted by Gasteiger charge is -2.12. The Bertz CT molecular complexity index is 608. The largest absolute Gasteiger partial charge is 0.478 e. The van der Waals surface area contributed by atoms with Gasteiger partial charge in [0, 0.05) is 18.9 Å². The van der Waals surface area contributed by atoms with Gasteiger partial charge in [0.2, 0.25) is 0 Å². The summed E-state index contributed by atoms with van der Waals surface area (Å²) >= 11 is 0. The minimum absolute atomic E-state index is 0.217. The Morgan fingerprint density at radius 3 is 2.62 bits per heavy atom. The molecule has 1 unspecified atom stereocenters. The second-order valence-corrected chi connectivity index (χ2v) is 4.53. The van der Waals surface area contributed by atoms with Gasteiger partial charge in [-0.1, -0.05) is 12.1 Å². The molecule has 1 aromatic carbocycles. The van der Waals surface area contributed by atoms with Crippen LogP contribution < -0.4 is 10.6 Å². The van der Waals surface area contributed by atoms with E-state index in [1.807, 2.05) is 6.92 Å². The van der Waals surface area contributed by atoms with Gasteiger partial charge in [0.05, 0.1) is 11.6 Å². The molecule has 0 spiro atoms. The minimum atomic E-state index is -0.973. The number of H-pyrrole nitrogens is 1. The van der Waals surface area contributed by atoms with Crippen molar-refractivity contribution in [3.05, 3.63) is 53.6 Å². The van der Waals surface area contributed by atoms with Crippen molar-refractivity contribution in [2.75, 3.05) is 0 Å². The second-order valence-electron chi connectivity index (χ2n) is 4.53. The van der Waals surface area contributed by atoms with Gasteiger partial charge in [-0.15, -0.1) is 0 Å². The molecule has 2 amide bonds. The first-order chi connectivity index (χ1) is 10.1. The molecule has 0 fully saturated rings. The van der Waals surface area contributed by atoms with Gasteiger partial charge in [-0.05, 0) is 24.6 Å². The third-order valence-electron chi connectivity index (χ3n) is 2.93. The Balaban J connectivity index is 1.82. The number of amides is 2. The average Bonchev–Trinajstić information content (AvgIpc) is 3.00. The maximum Gasteiger partial charge on any atom is 0.335 e. The van der Waals surface area contributed by atoms with Crippen LogP contribution in [0.3, 0.4) is 0 Å². The highest BCUT2D eigenvalue weighted by atomic mass is 16.4. The lowest BCUT2D eigenvalue weighted by Crippen LogP contribution is -2.36. The maximum absolute atomic E-state index is 11.7. The number of carbonyl (C=O) groups is 2. The van der Waals surface area contributed by atoms with Gasteiger partial charge in [-0.2, -0.15) is 0 Å². The number of rotatable bonds is 5. The number of aromatic nitrogens is 2. The van der Waals surface area contributed by atoms with Crippen molar-refractivity contribution in [3.63, 3.8) is 0 Å². The third kappa shape index (κ3) is 4.07. The zero-order valence-corrected chi connectivity index (χ0v) is 11.5. The Morgan fingerprint density at radius 1 is 1.33 bits per heavy atom. The van der Waals surface area contributed by atoms with Crippen molar-refractivity contribution in [2.45, 2.75) is 19.5 Å². The van der Waals surface area contributed by atoms with Crippen LogP contribution in [0, 0.1) is 0 Å². The average molecular weight is 288 g/mol. The fourth-order valence-corrected chi connectivity index (χ4v) is 1.78. The molecule has 7 heteroatoms. The molecule has 2 rings (SSSR count). The summed E-state index contributed by atoms with van der Waals surface area (Å²) in [5, 5.41) is 14.2. The Kier molecular flexibility index (Phi) is 4.55. The molecule has 21 heavy (non-hydrogen) atoms. The molecule has 1 aromatic heterocycles. The Labute approximate surface area is 121 Å². The topological polar surface area (TPSA) is 107 Å². The summed E-state index contributed by atoms with van der Waals surface area (Å²) in [4.78, 5) is 29.4. The summed E-state index contributed by atoms with van der Waals surface area (Å²) in [6.45, 7) is 2.14. The summed E-state index contributed by atoms with van der Waals surface area (Å²) in [6.07, 6.45) is 3.31. The van der Waals surface area contributed by atoms with Gasteiger partial charge in [-0.3, -0.25) is 0 Å². The number of carboxylic acid groups (broad SMARTS) is 1. The molecular formula is C14H16N4O3. The maximum atomic E-state index is 11.7. The Hall–Kier alpha value is -2.83. The molecule has 110 valence electrons. The van der Waals surface area contributed by atoms with E-state index in [9.17, 15) is 9.59 Å². The van der Waals surface area contributed by atoms with Crippen LogP contribution in [0.25, 0.3) is 0 Å². The van der Waals surface area contributed by atoms with Crippen molar-refractivity contribution in [3.8, 4) is 0 Å². The van der Waals surface area contributed by atoms with E-state index in [4.69, 9.17) is 5.11 Å². The van der Waals surface area contributed by atoms with Gasteiger partial charge in [-0.25, -0.2) is 14.6 Å². The van der Waals surface area contributed by atoms with Crippen LogP contribution in [0.15, 0.2) is 36.7 Å². The number of benzene rings is 1. The van der Waals surface area contributed by atoms with Crippen LogP contribution >= 0.6 is 0 Å². The van der Waals surface area contributed by atoms with Crippen LogP contribution in [0.2, 0.25) is 0 Å². The zero-order chi connectivity index (χ0) is 15.2. The predicted octanol–water partition coefficient (Wildman–Crippen LogP) is 1.67. The van der Waals surface area contributed by atoms with E-state index in [-0.39, 0.29) is 17.6 Å². The first kappa shape index (κ1) is 14.6. The fourth-order valence-electron chi connectivity index (χ4n) is 1.78. The highest BCUT2D eigenvalue weighted by Crippen LogP contribution is 2.06. The van der Waals surface area contributed by atoms with E-state index < -0.39 is 5.97 Å². The van der Waals surface area contributed by atoms with E-state index in [2.05, 4.69) is 20.6 Å². The number of hydrogen-bond acceptors (Lipinski definition) is 3. The van der Waals surface area contributed by atoms with Gasteiger partial charge in [0.15, 0.2) is 0 Å². The number of carbonyl (C=O) groups excluding carboxylic acids is 1. The number of aromatic amines is 1. The van der Waals surface area contributed by atoms with Crippen molar-refractivity contribution in [2.24, 2.45) is 0 Å². The zero-order valence-electron chi connectivity index (χ0n) is 11.5. The first-order valence-corrected chi connectivity index (χ1v) is 6.42. The molecule has 0 saturated heterocycles. The van der Waals surface area contributed by atoms with Crippen LogP contribution in [0.4, 0.5) is 4.79 Å². The summed E-state index contributed by atoms with van der Waals surface area (Å²) in [6, 6.07) is 5.79. The molecule has 7 nitrogen and oxygen atoms in total. The van der Waals surface area contributed by atoms with Crippen molar-refractivity contribution < 1.29 is 14.7 Å². The van der Waals surface area contributed by atoms with Crippen molar-refractivity contribution >= 4 is 12.0 Å². The minimum Gasteiger partial charge on any atom is -0.478 e. The van der Waals surface area contributed by atoms with Gasteiger partial charge >= 0.3 is 12.0 Å². The lowest BCUT2D eigenvalue weighted by atomic mass is 10.1. The second kappa shape index (κ2) is 6.56. The van der Waals surface area contributed by atoms with E-state index >= 15 is 0 Å². The molecule has 4 N–H and O–H groups in total. The molecule has 1 atom stereocenters. The fraction of sp³-hybridized carbons (Fsp3) is 0.214.